The van der Waals surface area contributed by atoms with Gasteiger partial charge in [0.15, 0.2) is 0 Å². The van der Waals surface area contributed by atoms with E-state index in [1.165, 1.54) is 18.2 Å². The zero-order valence-electron chi connectivity index (χ0n) is 8.61. The minimum atomic E-state index is -1.09. The van der Waals surface area contributed by atoms with Crippen molar-refractivity contribution < 1.29 is 14.7 Å². The number of carbonyl (C=O) groups excluding carboxylic acids is 1. The van der Waals surface area contributed by atoms with Crippen LogP contribution in [-0.2, 0) is 4.79 Å². The van der Waals surface area contributed by atoms with Gasteiger partial charge in [0.05, 0.1) is 11.3 Å². The first kappa shape index (κ1) is 13.9. The minimum Gasteiger partial charge on any atom is -0.478 e. The number of halogens is 2. The maximum absolute atomic E-state index is 11.4. The number of benzene rings is 1. The molecule has 1 rings (SSSR count). The van der Waals surface area contributed by atoms with E-state index in [-0.39, 0.29) is 17.2 Å². The van der Waals surface area contributed by atoms with E-state index in [9.17, 15) is 9.59 Å². The van der Waals surface area contributed by atoms with Gasteiger partial charge in [0.25, 0.3) is 0 Å². The molecule has 17 heavy (non-hydrogen) atoms. The number of allylic oxidation sites excluding steroid dienone is 1. The number of anilines is 1. The number of alkyl halides is 1. The van der Waals surface area contributed by atoms with Crippen LogP contribution in [0, 0.1) is 0 Å². The molecule has 2 N–H and O–H groups in total. The lowest BCUT2D eigenvalue weighted by atomic mass is 10.2. The first-order valence-electron chi connectivity index (χ1n) is 4.61. The molecular formula is C11H9Br2NO3. The molecule has 0 spiro atoms. The third kappa shape index (κ3) is 4.32. The van der Waals surface area contributed by atoms with Gasteiger partial charge in [0.2, 0.25) is 5.91 Å². The fourth-order valence-corrected chi connectivity index (χ4v) is 1.68. The van der Waals surface area contributed by atoms with Gasteiger partial charge < -0.3 is 10.4 Å². The van der Waals surface area contributed by atoms with Crippen LogP contribution in [0.25, 0.3) is 0 Å². The van der Waals surface area contributed by atoms with Gasteiger partial charge in [-0.05, 0) is 18.2 Å². The first-order chi connectivity index (χ1) is 8.04. The highest BCUT2D eigenvalue weighted by molar-refractivity contribution is 9.10. The molecule has 90 valence electrons. The molecular weight excluding hydrogens is 354 g/mol. The van der Waals surface area contributed by atoms with Crippen molar-refractivity contribution in [3.05, 3.63) is 40.4 Å². The predicted molar refractivity (Wildman–Crippen MR) is 72.7 cm³/mol. The van der Waals surface area contributed by atoms with Gasteiger partial charge in [-0.15, -0.1) is 0 Å². The van der Waals surface area contributed by atoms with E-state index in [1.54, 1.807) is 12.1 Å². The molecule has 0 saturated carbocycles. The summed E-state index contributed by atoms with van der Waals surface area (Å²) in [7, 11) is 0. The zero-order chi connectivity index (χ0) is 12.8. The van der Waals surface area contributed by atoms with Crippen molar-refractivity contribution in [2.75, 3.05) is 10.6 Å². The van der Waals surface area contributed by atoms with Crippen LogP contribution in [0.3, 0.4) is 0 Å². The van der Waals surface area contributed by atoms with Gasteiger partial charge in [-0.3, -0.25) is 4.79 Å². The molecule has 0 aliphatic rings. The molecule has 0 aliphatic carbocycles. The molecule has 0 fully saturated rings. The molecule has 0 heterocycles. The molecule has 0 aliphatic heterocycles. The topological polar surface area (TPSA) is 66.4 Å². The van der Waals surface area contributed by atoms with Crippen molar-refractivity contribution in [1.29, 1.82) is 0 Å². The van der Waals surface area contributed by atoms with Crippen molar-refractivity contribution in [2.24, 2.45) is 0 Å². The fourth-order valence-electron chi connectivity index (χ4n) is 1.13. The normalized spacial score (nSPS) is 10.5. The summed E-state index contributed by atoms with van der Waals surface area (Å²) in [6.45, 7) is 0. The van der Waals surface area contributed by atoms with Crippen LogP contribution in [-0.4, -0.2) is 22.3 Å². The summed E-state index contributed by atoms with van der Waals surface area (Å²) in [5.74, 6) is -1.46. The zero-order valence-corrected chi connectivity index (χ0v) is 11.8. The lowest BCUT2D eigenvalue weighted by Crippen LogP contribution is -2.12. The molecule has 0 atom stereocenters. The first-order valence-corrected chi connectivity index (χ1v) is 6.52. The summed E-state index contributed by atoms with van der Waals surface area (Å²) in [5.41, 5.74) is 0.310. The van der Waals surface area contributed by atoms with E-state index < -0.39 is 5.97 Å². The SMILES string of the molecule is O=C(/C=C/CBr)Nc1ccc(Br)cc1C(=O)O. The van der Waals surface area contributed by atoms with E-state index in [0.717, 1.165) is 0 Å². The molecule has 1 aromatic rings. The summed E-state index contributed by atoms with van der Waals surface area (Å²) >= 11 is 6.32. The van der Waals surface area contributed by atoms with Crippen LogP contribution < -0.4 is 5.32 Å². The molecule has 0 unspecified atom stereocenters. The van der Waals surface area contributed by atoms with Crippen molar-refractivity contribution in [3.8, 4) is 0 Å². The van der Waals surface area contributed by atoms with E-state index in [4.69, 9.17) is 5.11 Å². The number of carboxylic acids is 1. The van der Waals surface area contributed by atoms with Gasteiger partial charge >= 0.3 is 5.97 Å². The summed E-state index contributed by atoms with van der Waals surface area (Å²) in [5, 5.41) is 12.0. The maximum atomic E-state index is 11.4. The molecule has 4 nitrogen and oxygen atoms in total. The average Bonchev–Trinajstić information content (AvgIpc) is 2.28. The Balaban J connectivity index is 2.94. The molecule has 0 saturated heterocycles. The van der Waals surface area contributed by atoms with Gasteiger partial charge in [-0.2, -0.15) is 0 Å². The minimum absolute atomic E-state index is 0.0416. The van der Waals surface area contributed by atoms with Crippen LogP contribution in [0.4, 0.5) is 5.69 Å². The average molecular weight is 363 g/mol. The van der Waals surface area contributed by atoms with E-state index in [2.05, 4.69) is 37.2 Å². The van der Waals surface area contributed by atoms with Crippen molar-refractivity contribution in [3.63, 3.8) is 0 Å². The molecule has 1 amide bonds. The lowest BCUT2D eigenvalue weighted by Gasteiger charge is -2.06. The van der Waals surface area contributed by atoms with Crippen LogP contribution in [0.5, 0.6) is 0 Å². The van der Waals surface area contributed by atoms with Gasteiger partial charge in [-0.1, -0.05) is 37.9 Å². The van der Waals surface area contributed by atoms with E-state index >= 15 is 0 Å². The largest absolute Gasteiger partial charge is 0.478 e. The summed E-state index contributed by atoms with van der Waals surface area (Å²) in [6.07, 6.45) is 2.96. The molecule has 0 radical (unpaired) electrons. The van der Waals surface area contributed by atoms with Gasteiger partial charge in [-0.25, -0.2) is 4.79 Å². The van der Waals surface area contributed by atoms with Gasteiger partial charge in [0, 0.05) is 15.9 Å². The Bertz CT molecular complexity index is 472. The maximum Gasteiger partial charge on any atom is 0.337 e. The Labute approximate surface area is 115 Å². The number of rotatable bonds is 4. The number of carboxylic acid groups (broad SMARTS) is 1. The molecule has 1 aromatic carbocycles. The number of aromatic carboxylic acids is 1. The Morgan fingerprint density at radius 2 is 2.12 bits per heavy atom. The van der Waals surface area contributed by atoms with Crippen LogP contribution in [0.15, 0.2) is 34.8 Å². The molecule has 0 aromatic heterocycles. The van der Waals surface area contributed by atoms with Crippen LogP contribution >= 0.6 is 31.9 Å². The van der Waals surface area contributed by atoms with E-state index in [1.807, 2.05) is 0 Å². The third-order valence-electron chi connectivity index (χ3n) is 1.83. The third-order valence-corrected chi connectivity index (χ3v) is 2.70. The summed E-state index contributed by atoms with van der Waals surface area (Å²) < 4.78 is 0.642. The summed E-state index contributed by atoms with van der Waals surface area (Å²) in [6, 6.07) is 4.63. The second-order valence-electron chi connectivity index (χ2n) is 3.04. The van der Waals surface area contributed by atoms with Crippen molar-refractivity contribution in [1.82, 2.24) is 0 Å². The second-order valence-corrected chi connectivity index (χ2v) is 4.60. The number of hydrogen-bond donors (Lipinski definition) is 2. The van der Waals surface area contributed by atoms with Gasteiger partial charge in [0.1, 0.15) is 0 Å². The Morgan fingerprint density at radius 1 is 1.41 bits per heavy atom. The second kappa shape index (κ2) is 6.56. The fraction of sp³-hybridized carbons (Fsp3) is 0.0909. The predicted octanol–water partition coefficient (Wildman–Crippen LogP) is 3.04. The monoisotopic (exact) mass is 361 g/mol. The lowest BCUT2D eigenvalue weighted by molar-refractivity contribution is -0.111. The Morgan fingerprint density at radius 3 is 2.71 bits per heavy atom. The Hall–Kier alpha value is -1.14. The number of nitrogens with one attached hydrogen (secondary N) is 1. The van der Waals surface area contributed by atoms with Crippen LogP contribution in [0.1, 0.15) is 10.4 Å². The Kier molecular flexibility index (Phi) is 5.37. The standard InChI is InChI=1S/C11H9Br2NO3/c12-5-1-2-10(15)14-9-4-3-7(13)6-8(9)11(16)17/h1-4,6H,5H2,(H,14,15)(H,16,17)/b2-1+. The molecule has 0 bridgehead atoms. The molecule has 6 heteroatoms. The number of hydrogen-bond acceptors (Lipinski definition) is 2. The number of carbonyl (C=O) groups is 2. The van der Waals surface area contributed by atoms with Crippen molar-refractivity contribution in [2.45, 2.75) is 0 Å². The summed E-state index contributed by atoms with van der Waals surface area (Å²) in [4.78, 5) is 22.4. The highest BCUT2D eigenvalue weighted by atomic mass is 79.9. The quantitative estimate of drug-likeness (QED) is 0.639. The highest BCUT2D eigenvalue weighted by Gasteiger charge is 2.11. The highest BCUT2D eigenvalue weighted by Crippen LogP contribution is 2.21. The van der Waals surface area contributed by atoms with E-state index in [0.29, 0.717) is 9.80 Å². The smallest absolute Gasteiger partial charge is 0.337 e. The van der Waals surface area contributed by atoms with Crippen molar-refractivity contribution >= 4 is 49.4 Å². The van der Waals surface area contributed by atoms with Crippen LogP contribution in [0.2, 0.25) is 0 Å². The number of amides is 1.